The Kier molecular flexibility index (Phi) is 4.71. The smallest absolute Gasteiger partial charge is 0.138 e. The van der Waals surface area contributed by atoms with Gasteiger partial charge in [-0.3, -0.25) is 0 Å². The largest absolute Gasteiger partial charge is 0.489 e. The lowest BCUT2D eigenvalue weighted by molar-refractivity contribution is -0.0958. The Bertz CT molecular complexity index is 475. The van der Waals surface area contributed by atoms with Crippen molar-refractivity contribution in [3.05, 3.63) is 28.8 Å². The Hall–Kier alpha value is -0.0900. The zero-order valence-corrected chi connectivity index (χ0v) is 13.6. The number of ether oxygens (including phenoxy) is 2. The summed E-state index contributed by atoms with van der Waals surface area (Å²) < 4.78 is 12.1. The molecule has 2 saturated heterocycles. The van der Waals surface area contributed by atoms with Crippen molar-refractivity contribution in [1.29, 1.82) is 0 Å². The normalized spacial score (nSPS) is 29.8. The Morgan fingerprint density at radius 2 is 2.35 bits per heavy atom. The molecule has 0 radical (unpaired) electrons. The van der Waals surface area contributed by atoms with Crippen molar-refractivity contribution in [1.82, 2.24) is 0 Å². The van der Waals surface area contributed by atoms with Crippen molar-refractivity contribution in [2.75, 3.05) is 18.1 Å². The van der Waals surface area contributed by atoms with Crippen molar-refractivity contribution >= 4 is 35.0 Å². The van der Waals surface area contributed by atoms with Crippen molar-refractivity contribution in [3.63, 3.8) is 0 Å². The number of thioether (sulfide) groups is 1. The lowest BCUT2D eigenvalue weighted by Crippen LogP contribution is -2.43. The van der Waals surface area contributed by atoms with Gasteiger partial charge in [0.2, 0.25) is 0 Å². The molecule has 5 heteroatoms. The van der Waals surface area contributed by atoms with Crippen LogP contribution >= 0.6 is 35.0 Å². The van der Waals surface area contributed by atoms with Crippen LogP contribution in [0.25, 0.3) is 0 Å². The van der Waals surface area contributed by atoms with E-state index in [-0.39, 0.29) is 11.7 Å². The van der Waals surface area contributed by atoms with Gasteiger partial charge in [0.05, 0.1) is 17.2 Å². The lowest BCUT2D eigenvalue weighted by atomic mass is 9.91. The molecule has 2 heterocycles. The van der Waals surface area contributed by atoms with Crippen LogP contribution in [0.3, 0.4) is 0 Å². The van der Waals surface area contributed by atoms with E-state index in [9.17, 15) is 0 Å². The second-order valence-electron chi connectivity index (χ2n) is 5.47. The number of hydrogen-bond acceptors (Lipinski definition) is 3. The van der Waals surface area contributed by atoms with E-state index in [1.54, 1.807) is 0 Å². The first kappa shape index (κ1) is 14.8. The molecule has 2 atom stereocenters. The molecule has 2 fully saturated rings. The van der Waals surface area contributed by atoms with E-state index in [0.29, 0.717) is 10.9 Å². The van der Waals surface area contributed by atoms with Crippen molar-refractivity contribution in [2.45, 2.75) is 36.8 Å². The highest BCUT2D eigenvalue weighted by Crippen LogP contribution is 2.40. The number of halogens is 2. The number of benzene rings is 1. The topological polar surface area (TPSA) is 18.5 Å². The third kappa shape index (κ3) is 3.22. The summed E-state index contributed by atoms with van der Waals surface area (Å²) in [5.41, 5.74) is 1.05. The van der Waals surface area contributed by atoms with Crippen LogP contribution in [0, 0.1) is 0 Å². The maximum Gasteiger partial charge on any atom is 0.138 e. The fourth-order valence-electron chi connectivity index (χ4n) is 2.85. The highest BCUT2D eigenvalue weighted by molar-refractivity contribution is 7.99. The maximum atomic E-state index is 6.26. The molecule has 0 N–H and O–H groups in total. The molecule has 3 rings (SSSR count). The van der Waals surface area contributed by atoms with Gasteiger partial charge in [0.25, 0.3) is 0 Å². The van der Waals surface area contributed by atoms with E-state index < -0.39 is 0 Å². The number of alkyl halides is 1. The second kappa shape index (κ2) is 6.35. The van der Waals surface area contributed by atoms with Crippen LogP contribution in [0.5, 0.6) is 5.75 Å². The van der Waals surface area contributed by atoms with Crippen LogP contribution < -0.4 is 4.74 Å². The molecule has 0 aliphatic carbocycles. The van der Waals surface area contributed by atoms with Gasteiger partial charge in [-0.2, -0.15) is 11.8 Å². The van der Waals surface area contributed by atoms with Crippen molar-refractivity contribution in [3.8, 4) is 5.75 Å². The summed E-state index contributed by atoms with van der Waals surface area (Å²) in [5.74, 6) is 3.51. The minimum Gasteiger partial charge on any atom is -0.489 e. The minimum absolute atomic E-state index is 0.0378. The Morgan fingerprint density at radius 1 is 1.45 bits per heavy atom. The van der Waals surface area contributed by atoms with Gasteiger partial charge in [-0.25, -0.2) is 0 Å². The van der Waals surface area contributed by atoms with Crippen LogP contribution in [-0.4, -0.2) is 29.8 Å². The third-order valence-corrected chi connectivity index (χ3v) is 5.79. The second-order valence-corrected chi connectivity index (χ2v) is 7.24. The van der Waals surface area contributed by atoms with Gasteiger partial charge in [-0.15, -0.1) is 11.6 Å². The summed E-state index contributed by atoms with van der Waals surface area (Å²) in [6, 6.07) is 5.77. The molecule has 0 saturated carbocycles. The zero-order chi connectivity index (χ0) is 14.0. The molecule has 0 amide bonds. The van der Waals surface area contributed by atoms with Gasteiger partial charge in [0.15, 0.2) is 0 Å². The fourth-order valence-corrected chi connectivity index (χ4v) is 4.64. The van der Waals surface area contributed by atoms with Crippen LogP contribution in [-0.2, 0) is 10.6 Å². The summed E-state index contributed by atoms with van der Waals surface area (Å²) in [5, 5.41) is 0.643. The van der Waals surface area contributed by atoms with Crippen LogP contribution in [0.15, 0.2) is 18.2 Å². The molecule has 2 unspecified atom stereocenters. The molecule has 2 nitrogen and oxygen atoms in total. The monoisotopic (exact) mass is 332 g/mol. The van der Waals surface area contributed by atoms with E-state index >= 15 is 0 Å². The van der Waals surface area contributed by atoms with Gasteiger partial charge in [0.1, 0.15) is 11.9 Å². The quantitative estimate of drug-likeness (QED) is 0.758. The standard InChI is InChI=1S/C15H18Cl2O2S/c16-9-11-1-2-14(13(17)7-11)19-12-3-5-18-15(8-12)4-6-20-10-15/h1-2,7,12H,3-6,8-10H2. The fraction of sp³-hybridized carbons (Fsp3) is 0.600. The molecule has 2 aliphatic rings. The first-order chi connectivity index (χ1) is 9.71. The summed E-state index contributed by atoms with van der Waals surface area (Å²) in [4.78, 5) is 0. The predicted molar refractivity (Wildman–Crippen MR) is 85.3 cm³/mol. The Balaban J connectivity index is 1.68. The van der Waals surface area contributed by atoms with Crippen molar-refractivity contribution in [2.24, 2.45) is 0 Å². The Morgan fingerprint density at radius 3 is 3.05 bits per heavy atom. The third-order valence-electron chi connectivity index (χ3n) is 3.96. The number of rotatable bonds is 3. The predicted octanol–water partition coefficient (Wildman–Crippen LogP) is 4.51. The molecule has 0 aromatic heterocycles. The molecule has 110 valence electrons. The summed E-state index contributed by atoms with van der Waals surface area (Å²) in [6.45, 7) is 0.780. The van der Waals surface area contributed by atoms with Gasteiger partial charge < -0.3 is 9.47 Å². The summed E-state index contributed by atoms with van der Waals surface area (Å²) >= 11 is 14.0. The van der Waals surface area contributed by atoms with E-state index in [2.05, 4.69) is 0 Å². The van der Waals surface area contributed by atoms with E-state index in [0.717, 1.165) is 42.9 Å². The van der Waals surface area contributed by atoms with E-state index in [4.69, 9.17) is 32.7 Å². The molecule has 1 aromatic carbocycles. The van der Waals surface area contributed by atoms with Gasteiger partial charge >= 0.3 is 0 Å². The highest BCUT2D eigenvalue weighted by Gasteiger charge is 2.41. The average Bonchev–Trinajstić information content (AvgIpc) is 2.89. The first-order valence-electron chi connectivity index (χ1n) is 6.93. The van der Waals surface area contributed by atoms with Crippen LogP contribution in [0.4, 0.5) is 0 Å². The molecule has 1 aromatic rings. The highest BCUT2D eigenvalue weighted by atomic mass is 35.5. The Labute approximate surface area is 134 Å². The van der Waals surface area contributed by atoms with Gasteiger partial charge in [-0.05, 0) is 29.9 Å². The molecule has 0 bridgehead atoms. The molecular formula is C15H18Cl2O2S. The van der Waals surface area contributed by atoms with Crippen LogP contribution in [0.1, 0.15) is 24.8 Å². The maximum absolute atomic E-state index is 6.26. The SMILES string of the molecule is ClCc1ccc(OC2CCOC3(CCSC3)C2)c(Cl)c1. The summed E-state index contributed by atoms with van der Waals surface area (Å²) in [7, 11) is 0. The molecule has 2 aliphatic heterocycles. The number of hydrogen-bond donors (Lipinski definition) is 0. The molecule has 20 heavy (non-hydrogen) atoms. The van der Waals surface area contributed by atoms with Crippen molar-refractivity contribution < 1.29 is 9.47 Å². The zero-order valence-electron chi connectivity index (χ0n) is 11.2. The molecule has 1 spiro atoms. The summed E-state index contributed by atoms with van der Waals surface area (Å²) in [6.07, 6.45) is 3.23. The van der Waals surface area contributed by atoms with E-state index in [1.807, 2.05) is 30.0 Å². The van der Waals surface area contributed by atoms with Gasteiger partial charge in [0, 0.05) is 24.5 Å². The average molecular weight is 333 g/mol. The van der Waals surface area contributed by atoms with Crippen LogP contribution in [0.2, 0.25) is 5.02 Å². The van der Waals surface area contributed by atoms with Gasteiger partial charge in [-0.1, -0.05) is 17.7 Å². The van der Waals surface area contributed by atoms with E-state index in [1.165, 1.54) is 5.75 Å². The minimum atomic E-state index is 0.0378. The first-order valence-corrected chi connectivity index (χ1v) is 9.00. The molecular weight excluding hydrogens is 315 g/mol. The lowest BCUT2D eigenvalue weighted by Gasteiger charge is -2.37.